The highest BCUT2D eigenvalue weighted by atomic mass is 16.4. The van der Waals surface area contributed by atoms with Gasteiger partial charge in [0.15, 0.2) is 5.76 Å². The predicted molar refractivity (Wildman–Crippen MR) is 83.5 cm³/mol. The standard InChI is InChI=1S/C17H21N3O2/c21-17(19-10-8-14-5-1-2-9-18-14)16-7-6-15(22-16)13-20-11-3-4-12-20/h1-2,5-7,9H,3-4,8,10-13H2,(H,19,21). The van der Waals surface area contributed by atoms with Gasteiger partial charge in [-0.3, -0.25) is 14.7 Å². The molecule has 1 amide bonds. The fraction of sp³-hybridized carbons (Fsp3) is 0.412. The summed E-state index contributed by atoms with van der Waals surface area (Å²) >= 11 is 0. The molecule has 1 saturated heterocycles. The van der Waals surface area contributed by atoms with Crippen molar-refractivity contribution in [3.63, 3.8) is 0 Å². The van der Waals surface area contributed by atoms with Crippen LogP contribution in [0.3, 0.4) is 0 Å². The zero-order valence-corrected chi connectivity index (χ0v) is 12.6. The Morgan fingerprint density at radius 3 is 2.86 bits per heavy atom. The molecule has 1 aliphatic heterocycles. The van der Waals surface area contributed by atoms with Crippen molar-refractivity contribution in [1.82, 2.24) is 15.2 Å². The van der Waals surface area contributed by atoms with Gasteiger partial charge in [-0.15, -0.1) is 0 Å². The summed E-state index contributed by atoms with van der Waals surface area (Å²) in [5, 5.41) is 2.87. The van der Waals surface area contributed by atoms with Crippen molar-refractivity contribution in [3.8, 4) is 0 Å². The van der Waals surface area contributed by atoms with Gasteiger partial charge >= 0.3 is 0 Å². The molecule has 2 aromatic rings. The van der Waals surface area contributed by atoms with Crippen molar-refractivity contribution in [2.75, 3.05) is 19.6 Å². The van der Waals surface area contributed by atoms with E-state index >= 15 is 0 Å². The van der Waals surface area contributed by atoms with Crippen molar-refractivity contribution in [1.29, 1.82) is 0 Å². The molecule has 0 aliphatic carbocycles. The number of carbonyl (C=O) groups excluding carboxylic acids is 1. The largest absolute Gasteiger partial charge is 0.455 e. The Labute approximate surface area is 130 Å². The number of likely N-dealkylation sites (tertiary alicyclic amines) is 1. The van der Waals surface area contributed by atoms with E-state index in [1.165, 1.54) is 12.8 Å². The van der Waals surface area contributed by atoms with Crippen molar-refractivity contribution in [3.05, 3.63) is 53.7 Å². The molecule has 1 aliphatic rings. The molecule has 1 fully saturated rings. The molecule has 0 saturated carbocycles. The molecule has 3 rings (SSSR count). The second-order valence-electron chi connectivity index (χ2n) is 5.58. The van der Waals surface area contributed by atoms with Gasteiger partial charge in [0.25, 0.3) is 5.91 Å². The molecule has 22 heavy (non-hydrogen) atoms. The average molecular weight is 299 g/mol. The maximum absolute atomic E-state index is 12.0. The normalized spacial score (nSPS) is 15.1. The van der Waals surface area contributed by atoms with Gasteiger partial charge in [0, 0.05) is 24.9 Å². The molecule has 5 heteroatoms. The summed E-state index contributed by atoms with van der Waals surface area (Å²) in [7, 11) is 0. The third-order valence-electron chi connectivity index (χ3n) is 3.86. The Balaban J connectivity index is 1.46. The first-order chi connectivity index (χ1) is 10.8. The summed E-state index contributed by atoms with van der Waals surface area (Å²) in [6.07, 6.45) is 4.98. The lowest BCUT2D eigenvalue weighted by atomic mass is 10.2. The number of pyridine rings is 1. The summed E-state index contributed by atoms with van der Waals surface area (Å²) in [6, 6.07) is 9.43. The first-order valence-electron chi connectivity index (χ1n) is 7.80. The van der Waals surface area contributed by atoms with E-state index in [0.29, 0.717) is 18.7 Å². The van der Waals surface area contributed by atoms with Gasteiger partial charge in [0.05, 0.1) is 6.54 Å². The van der Waals surface area contributed by atoms with E-state index in [1.807, 2.05) is 24.3 Å². The van der Waals surface area contributed by atoms with Crippen LogP contribution in [0.5, 0.6) is 0 Å². The van der Waals surface area contributed by atoms with Crippen molar-refractivity contribution < 1.29 is 9.21 Å². The van der Waals surface area contributed by atoms with Gasteiger partial charge in [0.2, 0.25) is 0 Å². The van der Waals surface area contributed by atoms with E-state index in [4.69, 9.17) is 4.42 Å². The fourth-order valence-electron chi connectivity index (χ4n) is 2.68. The molecule has 0 unspecified atom stereocenters. The minimum Gasteiger partial charge on any atom is -0.455 e. The highest BCUT2D eigenvalue weighted by Crippen LogP contribution is 2.15. The Bertz CT molecular complexity index is 603. The zero-order valence-electron chi connectivity index (χ0n) is 12.6. The van der Waals surface area contributed by atoms with E-state index < -0.39 is 0 Å². The van der Waals surface area contributed by atoms with Crippen LogP contribution in [0, 0.1) is 0 Å². The highest BCUT2D eigenvalue weighted by molar-refractivity contribution is 5.91. The first kappa shape index (κ1) is 14.8. The molecule has 0 bridgehead atoms. The first-order valence-corrected chi connectivity index (χ1v) is 7.80. The number of furan rings is 1. The third kappa shape index (κ3) is 3.95. The molecular weight excluding hydrogens is 278 g/mol. The number of hydrogen-bond donors (Lipinski definition) is 1. The van der Waals surface area contributed by atoms with E-state index in [0.717, 1.165) is 31.1 Å². The number of nitrogens with one attached hydrogen (secondary N) is 1. The fourth-order valence-corrected chi connectivity index (χ4v) is 2.68. The van der Waals surface area contributed by atoms with Gasteiger partial charge in [-0.05, 0) is 50.2 Å². The number of nitrogens with zero attached hydrogens (tertiary/aromatic N) is 2. The van der Waals surface area contributed by atoms with Crippen LogP contribution in [-0.4, -0.2) is 35.4 Å². The summed E-state index contributed by atoms with van der Waals surface area (Å²) in [5.74, 6) is 1.08. The number of aromatic nitrogens is 1. The maximum Gasteiger partial charge on any atom is 0.287 e. The lowest BCUT2D eigenvalue weighted by molar-refractivity contribution is 0.0923. The van der Waals surface area contributed by atoms with E-state index in [-0.39, 0.29) is 5.91 Å². The quantitative estimate of drug-likeness (QED) is 0.889. The van der Waals surface area contributed by atoms with Crippen LogP contribution in [-0.2, 0) is 13.0 Å². The third-order valence-corrected chi connectivity index (χ3v) is 3.86. The minimum absolute atomic E-state index is 0.163. The smallest absolute Gasteiger partial charge is 0.287 e. The summed E-state index contributed by atoms with van der Waals surface area (Å²) in [5.41, 5.74) is 0.969. The van der Waals surface area contributed by atoms with Gasteiger partial charge in [0.1, 0.15) is 5.76 Å². The Morgan fingerprint density at radius 1 is 1.23 bits per heavy atom. The maximum atomic E-state index is 12.0. The van der Waals surface area contributed by atoms with Crippen LogP contribution < -0.4 is 5.32 Å². The second-order valence-corrected chi connectivity index (χ2v) is 5.58. The summed E-state index contributed by atoms with van der Waals surface area (Å²) < 4.78 is 5.64. The van der Waals surface area contributed by atoms with Crippen LogP contribution in [0.15, 0.2) is 40.9 Å². The second kappa shape index (κ2) is 7.22. The molecule has 2 aromatic heterocycles. The zero-order chi connectivity index (χ0) is 15.2. The molecule has 3 heterocycles. The van der Waals surface area contributed by atoms with E-state index in [9.17, 15) is 4.79 Å². The van der Waals surface area contributed by atoms with Crippen molar-refractivity contribution >= 4 is 5.91 Å². The summed E-state index contributed by atoms with van der Waals surface area (Å²) in [6.45, 7) is 3.58. The monoisotopic (exact) mass is 299 g/mol. The number of carbonyl (C=O) groups is 1. The van der Waals surface area contributed by atoms with Crippen molar-refractivity contribution in [2.45, 2.75) is 25.8 Å². The van der Waals surface area contributed by atoms with Crippen LogP contribution in [0.4, 0.5) is 0 Å². The Morgan fingerprint density at radius 2 is 2.09 bits per heavy atom. The lowest BCUT2D eigenvalue weighted by Crippen LogP contribution is -2.25. The summed E-state index contributed by atoms with van der Waals surface area (Å²) in [4.78, 5) is 18.6. The number of hydrogen-bond acceptors (Lipinski definition) is 4. The molecule has 5 nitrogen and oxygen atoms in total. The molecule has 0 aromatic carbocycles. The van der Waals surface area contributed by atoms with Gasteiger partial charge in [-0.25, -0.2) is 0 Å². The Hall–Kier alpha value is -2.14. The topological polar surface area (TPSA) is 58.4 Å². The minimum atomic E-state index is -0.163. The SMILES string of the molecule is O=C(NCCc1ccccn1)c1ccc(CN2CCCC2)o1. The predicted octanol–water partition coefficient (Wildman–Crippen LogP) is 2.24. The number of rotatable bonds is 6. The Kier molecular flexibility index (Phi) is 4.85. The number of amides is 1. The van der Waals surface area contributed by atoms with E-state index in [2.05, 4.69) is 15.2 Å². The van der Waals surface area contributed by atoms with E-state index in [1.54, 1.807) is 12.3 Å². The van der Waals surface area contributed by atoms with Crippen molar-refractivity contribution in [2.24, 2.45) is 0 Å². The van der Waals surface area contributed by atoms with Gasteiger partial charge in [-0.2, -0.15) is 0 Å². The van der Waals surface area contributed by atoms with Crippen LogP contribution in [0.25, 0.3) is 0 Å². The van der Waals surface area contributed by atoms with Crippen LogP contribution >= 0.6 is 0 Å². The molecule has 1 N–H and O–H groups in total. The molecule has 0 radical (unpaired) electrons. The lowest BCUT2D eigenvalue weighted by Gasteiger charge is -2.11. The van der Waals surface area contributed by atoms with Crippen LogP contribution in [0.2, 0.25) is 0 Å². The molecule has 0 spiro atoms. The highest BCUT2D eigenvalue weighted by Gasteiger charge is 2.15. The van der Waals surface area contributed by atoms with Crippen LogP contribution in [0.1, 0.15) is 34.9 Å². The van der Waals surface area contributed by atoms with Gasteiger partial charge < -0.3 is 9.73 Å². The average Bonchev–Trinajstić information content (AvgIpc) is 3.21. The van der Waals surface area contributed by atoms with Gasteiger partial charge in [-0.1, -0.05) is 6.07 Å². The molecule has 0 atom stereocenters. The molecule has 116 valence electrons. The molecular formula is C17H21N3O2.